The standard InChI is InChI=1S/C16H13ClN4O2S2/c17-11-5-3-10(4-6-11)8-13-14(22)19-16(25-13)21-20-15(24)18-9-12-2-1-7-23-12/h1-8H,9H2,(H2,18,20,24)(H,19,21,22)/b13-8-. The summed E-state index contributed by atoms with van der Waals surface area (Å²) in [5.41, 5.74) is 3.57. The summed E-state index contributed by atoms with van der Waals surface area (Å²) in [6.45, 7) is 0.449. The third-order valence-corrected chi connectivity index (χ3v) is 4.48. The van der Waals surface area contributed by atoms with Gasteiger partial charge in [0.15, 0.2) is 10.3 Å². The largest absolute Gasteiger partial charge is 0.467 e. The van der Waals surface area contributed by atoms with E-state index in [1.165, 1.54) is 11.8 Å². The predicted octanol–water partition coefficient (Wildman–Crippen LogP) is 3.07. The quantitative estimate of drug-likeness (QED) is 0.421. The summed E-state index contributed by atoms with van der Waals surface area (Å²) >= 11 is 12.2. The van der Waals surface area contributed by atoms with E-state index < -0.39 is 0 Å². The Morgan fingerprint density at radius 3 is 2.88 bits per heavy atom. The van der Waals surface area contributed by atoms with Crippen LogP contribution in [0.15, 0.2) is 57.1 Å². The third-order valence-electron chi connectivity index (χ3n) is 3.08. The normalized spacial score (nSPS) is 16.9. The molecule has 3 N–H and O–H groups in total. The van der Waals surface area contributed by atoms with Gasteiger partial charge in [0.05, 0.1) is 17.7 Å². The first kappa shape index (κ1) is 17.5. The number of hydrogen-bond acceptors (Lipinski definition) is 5. The van der Waals surface area contributed by atoms with Gasteiger partial charge in [0, 0.05) is 5.02 Å². The van der Waals surface area contributed by atoms with Crippen molar-refractivity contribution in [2.24, 2.45) is 5.10 Å². The molecular weight excluding hydrogens is 380 g/mol. The number of furan rings is 1. The zero-order valence-corrected chi connectivity index (χ0v) is 15.2. The van der Waals surface area contributed by atoms with Crippen molar-refractivity contribution in [2.45, 2.75) is 6.54 Å². The maximum atomic E-state index is 12.0. The Kier molecular flexibility index (Phi) is 5.75. The maximum Gasteiger partial charge on any atom is 0.264 e. The average molecular weight is 393 g/mol. The molecule has 25 heavy (non-hydrogen) atoms. The number of thioether (sulfide) groups is 1. The minimum Gasteiger partial charge on any atom is -0.467 e. The summed E-state index contributed by atoms with van der Waals surface area (Å²) in [4.78, 5) is 12.5. The van der Waals surface area contributed by atoms with Crippen LogP contribution < -0.4 is 16.1 Å². The molecule has 0 radical (unpaired) electrons. The van der Waals surface area contributed by atoms with Crippen molar-refractivity contribution < 1.29 is 9.21 Å². The summed E-state index contributed by atoms with van der Waals surface area (Å²) in [7, 11) is 0. The molecule has 1 saturated heterocycles. The second-order valence-corrected chi connectivity index (χ2v) is 6.78. The van der Waals surface area contributed by atoms with E-state index in [0.717, 1.165) is 11.3 Å². The molecule has 2 heterocycles. The first-order chi connectivity index (χ1) is 12.1. The molecule has 0 saturated carbocycles. The molecule has 3 rings (SSSR count). The van der Waals surface area contributed by atoms with Crippen LogP contribution in [0.3, 0.4) is 0 Å². The molecule has 0 unspecified atom stereocenters. The van der Waals surface area contributed by atoms with E-state index in [1.54, 1.807) is 30.5 Å². The Morgan fingerprint density at radius 1 is 1.36 bits per heavy atom. The molecule has 0 atom stereocenters. The minimum atomic E-state index is -0.213. The minimum absolute atomic E-state index is 0.213. The Hall–Kier alpha value is -2.29. The number of amidine groups is 1. The Labute approximate surface area is 158 Å². The van der Waals surface area contributed by atoms with Gasteiger partial charge in [0.1, 0.15) is 5.76 Å². The van der Waals surface area contributed by atoms with E-state index in [2.05, 4.69) is 21.2 Å². The molecule has 1 aromatic heterocycles. The molecule has 1 aliphatic rings. The molecule has 9 heteroatoms. The van der Waals surface area contributed by atoms with Gasteiger partial charge in [0.2, 0.25) is 0 Å². The zero-order valence-electron chi connectivity index (χ0n) is 12.8. The maximum absolute atomic E-state index is 12.0. The third kappa shape index (κ3) is 5.09. The highest BCUT2D eigenvalue weighted by Gasteiger charge is 2.23. The van der Waals surface area contributed by atoms with Crippen molar-refractivity contribution in [2.75, 3.05) is 0 Å². The van der Waals surface area contributed by atoms with Gasteiger partial charge in [-0.25, -0.2) is 0 Å². The molecule has 0 aliphatic carbocycles. The molecule has 1 aromatic carbocycles. The van der Waals surface area contributed by atoms with Gasteiger partial charge < -0.3 is 9.73 Å². The predicted molar refractivity (Wildman–Crippen MR) is 104 cm³/mol. The second-order valence-electron chi connectivity index (χ2n) is 4.91. The number of halogens is 1. The smallest absolute Gasteiger partial charge is 0.264 e. The Bertz CT molecular complexity index is 832. The summed E-state index contributed by atoms with van der Waals surface area (Å²) in [5, 5.41) is 11.1. The molecule has 2 aromatic rings. The fraction of sp³-hybridized carbons (Fsp3) is 0.0625. The van der Waals surface area contributed by atoms with Crippen LogP contribution >= 0.6 is 35.6 Å². The number of amides is 1. The van der Waals surface area contributed by atoms with Gasteiger partial charge in [-0.3, -0.25) is 15.5 Å². The highest BCUT2D eigenvalue weighted by molar-refractivity contribution is 8.18. The van der Waals surface area contributed by atoms with Crippen molar-refractivity contribution in [1.82, 2.24) is 16.1 Å². The van der Waals surface area contributed by atoms with Crippen LogP contribution in [0, 0.1) is 0 Å². The monoisotopic (exact) mass is 392 g/mol. The number of carbonyl (C=O) groups is 1. The fourth-order valence-corrected chi connectivity index (χ4v) is 2.94. The molecule has 1 aliphatic heterocycles. The summed E-state index contributed by atoms with van der Waals surface area (Å²) in [6, 6.07) is 10.8. The van der Waals surface area contributed by atoms with Crippen LogP contribution in [-0.2, 0) is 11.3 Å². The number of thiocarbonyl (C=S) groups is 1. The number of carbonyl (C=O) groups excluding carboxylic acids is 1. The van der Waals surface area contributed by atoms with Gasteiger partial charge in [0.25, 0.3) is 5.91 Å². The average Bonchev–Trinajstić information content (AvgIpc) is 3.23. The summed E-state index contributed by atoms with van der Waals surface area (Å²) in [5.74, 6) is 0.545. The van der Waals surface area contributed by atoms with E-state index >= 15 is 0 Å². The lowest BCUT2D eigenvalue weighted by molar-refractivity contribution is -0.115. The van der Waals surface area contributed by atoms with Gasteiger partial charge in [-0.2, -0.15) is 0 Å². The van der Waals surface area contributed by atoms with Crippen LogP contribution in [0.1, 0.15) is 11.3 Å². The number of nitrogens with zero attached hydrogens (tertiary/aromatic N) is 1. The number of hydrogen-bond donors (Lipinski definition) is 3. The van der Waals surface area contributed by atoms with Crippen LogP contribution in [-0.4, -0.2) is 16.2 Å². The number of benzene rings is 1. The number of rotatable bonds is 4. The van der Waals surface area contributed by atoms with Gasteiger partial charge >= 0.3 is 0 Å². The van der Waals surface area contributed by atoms with Crippen molar-refractivity contribution in [3.05, 3.63) is 63.9 Å². The molecule has 1 fully saturated rings. The highest BCUT2D eigenvalue weighted by Crippen LogP contribution is 2.26. The van der Waals surface area contributed by atoms with E-state index in [4.69, 9.17) is 28.2 Å². The topological polar surface area (TPSA) is 78.7 Å². The van der Waals surface area contributed by atoms with E-state index in [9.17, 15) is 4.79 Å². The molecule has 6 nitrogen and oxygen atoms in total. The Balaban J connectivity index is 1.55. The van der Waals surface area contributed by atoms with Crippen molar-refractivity contribution in [3.63, 3.8) is 0 Å². The van der Waals surface area contributed by atoms with Crippen LogP contribution in [0.2, 0.25) is 5.02 Å². The lowest BCUT2D eigenvalue weighted by Crippen LogP contribution is -2.33. The van der Waals surface area contributed by atoms with Crippen molar-refractivity contribution >= 4 is 57.8 Å². The molecular formula is C16H13ClN4O2S2. The van der Waals surface area contributed by atoms with Crippen molar-refractivity contribution in [1.29, 1.82) is 0 Å². The van der Waals surface area contributed by atoms with Gasteiger partial charge in [-0.1, -0.05) is 23.7 Å². The molecule has 0 spiro atoms. The molecule has 0 bridgehead atoms. The van der Waals surface area contributed by atoms with Crippen LogP contribution in [0.5, 0.6) is 0 Å². The Morgan fingerprint density at radius 2 is 2.16 bits per heavy atom. The number of hydrazone groups is 1. The first-order valence-corrected chi connectivity index (χ1v) is 8.81. The highest BCUT2D eigenvalue weighted by atomic mass is 35.5. The first-order valence-electron chi connectivity index (χ1n) is 7.20. The zero-order chi connectivity index (χ0) is 17.6. The molecule has 1 amide bonds. The van der Waals surface area contributed by atoms with Crippen LogP contribution in [0.4, 0.5) is 0 Å². The van der Waals surface area contributed by atoms with E-state index in [0.29, 0.717) is 26.8 Å². The van der Waals surface area contributed by atoms with Gasteiger partial charge in [-0.05, 0) is 59.9 Å². The van der Waals surface area contributed by atoms with Crippen LogP contribution in [0.25, 0.3) is 6.08 Å². The lowest BCUT2D eigenvalue weighted by atomic mass is 10.2. The molecule has 128 valence electrons. The van der Waals surface area contributed by atoms with E-state index in [-0.39, 0.29) is 5.91 Å². The van der Waals surface area contributed by atoms with E-state index in [1.807, 2.05) is 18.2 Å². The lowest BCUT2D eigenvalue weighted by Gasteiger charge is -2.05. The summed E-state index contributed by atoms with van der Waals surface area (Å²) < 4.78 is 5.19. The van der Waals surface area contributed by atoms with Gasteiger partial charge in [-0.15, -0.1) is 5.10 Å². The number of nitrogens with one attached hydrogen (secondary N) is 3. The summed E-state index contributed by atoms with van der Waals surface area (Å²) in [6.07, 6.45) is 3.36. The van der Waals surface area contributed by atoms with Crippen molar-refractivity contribution in [3.8, 4) is 0 Å². The second kappa shape index (κ2) is 8.19. The SMILES string of the molecule is O=C1N/C(=N\NC(=S)NCc2ccco2)S/C1=C\c1ccc(Cl)cc1. The fourth-order valence-electron chi connectivity index (χ4n) is 1.91.